The molecule has 0 aromatic rings. The number of thiocarbonyl (C=S) groups is 1. The fraction of sp³-hybridized carbons (Fsp3) is 0.857. The van der Waals surface area contributed by atoms with Gasteiger partial charge in [-0.1, -0.05) is 12.2 Å². The Morgan fingerprint density at radius 1 is 1.73 bits per heavy atom. The maximum Gasteiger partial charge on any atom is 0.163 e. The van der Waals surface area contributed by atoms with Gasteiger partial charge in [-0.15, -0.1) is 0 Å². The van der Waals surface area contributed by atoms with Crippen LogP contribution in [0.25, 0.3) is 0 Å². The maximum absolute atomic E-state index is 5.47. The minimum absolute atomic E-state index is 0.0440. The van der Waals surface area contributed by atoms with E-state index in [0.717, 1.165) is 0 Å². The minimum atomic E-state index is -0.463. The Balaban J connectivity index is 2.36. The van der Waals surface area contributed by atoms with Crippen LogP contribution in [-0.4, -0.2) is 23.5 Å². The van der Waals surface area contributed by atoms with Crippen LogP contribution in [-0.2, 0) is 9.47 Å². The smallest absolute Gasteiger partial charge is 0.163 e. The minimum Gasteiger partial charge on any atom is -0.393 e. The lowest BCUT2D eigenvalue weighted by Gasteiger charge is -2.16. The molecule has 1 aliphatic heterocycles. The van der Waals surface area contributed by atoms with E-state index in [1.807, 2.05) is 13.8 Å². The second-order valence-electron chi connectivity index (χ2n) is 3.12. The first kappa shape index (κ1) is 8.90. The van der Waals surface area contributed by atoms with E-state index in [4.69, 9.17) is 27.4 Å². The molecule has 0 aromatic carbocycles. The van der Waals surface area contributed by atoms with E-state index in [2.05, 4.69) is 0 Å². The summed E-state index contributed by atoms with van der Waals surface area (Å²) in [6, 6.07) is 0. The topological polar surface area (TPSA) is 44.5 Å². The van der Waals surface area contributed by atoms with Crippen molar-refractivity contribution in [1.29, 1.82) is 0 Å². The Bertz CT molecular complexity index is 170. The highest BCUT2D eigenvalue weighted by Gasteiger charge is 2.32. The predicted octanol–water partition coefficient (Wildman–Crippen LogP) is 0.814. The van der Waals surface area contributed by atoms with Gasteiger partial charge >= 0.3 is 0 Å². The molecule has 1 atom stereocenters. The fourth-order valence-corrected chi connectivity index (χ4v) is 1.27. The summed E-state index contributed by atoms with van der Waals surface area (Å²) in [5.74, 6) is -0.463. The third-order valence-corrected chi connectivity index (χ3v) is 1.66. The van der Waals surface area contributed by atoms with Crippen LogP contribution in [0, 0.1) is 0 Å². The van der Waals surface area contributed by atoms with E-state index in [0.29, 0.717) is 18.0 Å². The van der Waals surface area contributed by atoms with Crippen LogP contribution >= 0.6 is 12.2 Å². The summed E-state index contributed by atoms with van der Waals surface area (Å²) in [6.07, 6.45) is 0.654. The van der Waals surface area contributed by atoms with Gasteiger partial charge in [0, 0.05) is 6.42 Å². The van der Waals surface area contributed by atoms with Gasteiger partial charge < -0.3 is 15.2 Å². The van der Waals surface area contributed by atoms with Gasteiger partial charge in [0.1, 0.15) is 0 Å². The van der Waals surface area contributed by atoms with Crippen LogP contribution < -0.4 is 5.73 Å². The van der Waals surface area contributed by atoms with Crippen molar-refractivity contribution >= 4 is 17.2 Å². The van der Waals surface area contributed by atoms with Crippen LogP contribution in [0.4, 0.5) is 0 Å². The zero-order chi connectivity index (χ0) is 8.48. The summed E-state index contributed by atoms with van der Waals surface area (Å²) in [5, 5.41) is 0. The molecule has 0 aromatic heterocycles. The van der Waals surface area contributed by atoms with Gasteiger partial charge in [-0.2, -0.15) is 0 Å². The molecule has 1 aliphatic rings. The SMILES string of the molecule is CC1(C)OC[C@H](CC(N)=S)O1. The molecule has 0 radical (unpaired) electrons. The molecule has 0 unspecified atom stereocenters. The van der Waals surface area contributed by atoms with E-state index in [9.17, 15) is 0 Å². The molecule has 1 heterocycles. The Hall–Kier alpha value is -0.190. The molecular formula is C7H13NO2S. The lowest BCUT2D eigenvalue weighted by atomic mass is 10.3. The quantitative estimate of drug-likeness (QED) is 0.631. The van der Waals surface area contributed by atoms with Gasteiger partial charge in [0.2, 0.25) is 0 Å². The van der Waals surface area contributed by atoms with Gasteiger partial charge in [0.25, 0.3) is 0 Å². The third kappa shape index (κ3) is 2.73. The van der Waals surface area contributed by atoms with Crippen LogP contribution in [0.2, 0.25) is 0 Å². The van der Waals surface area contributed by atoms with Gasteiger partial charge in [0.15, 0.2) is 5.79 Å². The van der Waals surface area contributed by atoms with Gasteiger partial charge in [0.05, 0.1) is 17.7 Å². The molecule has 2 N–H and O–H groups in total. The molecule has 1 saturated heterocycles. The number of hydrogen-bond acceptors (Lipinski definition) is 3. The molecule has 1 fully saturated rings. The third-order valence-electron chi connectivity index (χ3n) is 1.50. The van der Waals surface area contributed by atoms with Crippen molar-refractivity contribution in [3.8, 4) is 0 Å². The average molecular weight is 175 g/mol. The summed E-state index contributed by atoms with van der Waals surface area (Å²) in [7, 11) is 0. The van der Waals surface area contributed by atoms with E-state index >= 15 is 0 Å². The predicted molar refractivity (Wildman–Crippen MR) is 46.3 cm³/mol. The fourth-order valence-electron chi connectivity index (χ4n) is 1.09. The normalized spacial score (nSPS) is 28.7. The van der Waals surface area contributed by atoms with Gasteiger partial charge in [-0.25, -0.2) is 0 Å². The molecule has 1 rings (SSSR count). The highest BCUT2D eigenvalue weighted by Crippen LogP contribution is 2.23. The molecule has 11 heavy (non-hydrogen) atoms. The Kier molecular flexibility index (Phi) is 2.47. The maximum atomic E-state index is 5.47. The van der Waals surface area contributed by atoms with Crippen molar-refractivity contribution in [2.75, 3.05) is 6.61 Å². The van der Waals surface area contributed by atoms with Crippen molar-refractivity contribution in [3.05, 3.63) is 0 Å². The molecule has 0 bridgehead atoms. The highest BCUT2D eigenvalue weighted by atomic mass is 32.1. The molecule has 64 valence electrons. The Labute approximate surface area is 71.8 Å². The van der Waals surface area contributed by atoms with E-state index in [-0.39, 0.29) is 6.10 Å². The van der Waals surface area contributed by atoms with Crippen LogP contribution in [0.15, 0.2) is 0 Å². The van der Waals surface area contributed by atoms with Crippen molar-refractivity contribution in [2.45, 2.75) is 32.2 Å². The average Bonchev–Trinajstić information content (AvgIpc) is 2.08. The van der Waals surface area contributed by atoms with Crippen molar-refractivity contribution in [2.24, 2.45) is 5.73 Å². The Morgan fingerprint density at radius 3 is 2.73 bits per heavy atom. The second-order valence-corrected chi connectivity index (χ2v) is 3.65. The largest absolute Gasteiger partial charge is 0.393 e. The molecule has 4 heteroatoms. The van der Waals surface area contributed by atoms with Crippen molar-refractivity contribution < 1.29 is 9.47 Å². The molecular weight excluding hydrogens is 162 g/mol. The van der Waals surface area contributed by atoms with Gasteiger partial charge in [-0.05, 0) is 13.8 Å². The molecule has 3 nitrogen and oxygen atoms in total. The van der Waals surface area contributed by atoms with Crippen molar-refractivity contribution in [3.63, 3.8) is 0 Å². The first-order chi connectivity index (χ1) is 4.99. The van der Waals surface area contributed by atoms with Crippen molar-refractivity contribution in [1.82, 2.24) is 0 Å². The second kappa shape index (κ2) is 3.05. The standard InChI is InChI=1S/C7H13NO2S/c1-7(2)9-4-5(10-7)3-6(8)11/h5H,3-4H2,1-2H3,(H2,8,11)/t5-/m0/s1. The lowest BCUT2D eigenvalue weighted by molar-refractivity contribution is -0.137. The molecule has 0 spiro atoms. The molecule has 0 aliphatic carbocycles. The summed E-state index contributed by atoms with van der Waals surface area (Å²) < 4.78 is 10.8. The Morgan fingerprint density at radius 2 is 2.36 bits per heavy atom. The number of ether oxygens (including phenoxy) is 2. The number of rotatable bonds is 2. The van der Waals surface area contributed by atoms with Gasteiger partial charge in [-0.3, -0.25) is 0 Å². The first-order valence-corrected chi connectivity index (χ1v) is 4.00. The zero-order valence-electron chi connectivity index (χ0n) is 6.79. The van der Waals surface area contributed by atoms with E-state index in [1.54, 1.807) is 0 Å². The number of hydrogen-bond donors (Lipinski definition) is 1. The van der Waals surface area contributed by atoms with Crippen LogP contribution in [0.1, 0.15) is 20.3 Å². The zero-order valence-corrected chi connectivity index (χ0v) is 7.61. The van der Waals surface area contributed by atoms with E-state index in [1.165, 1.54) is 0 Å². The highest BCUT2D eigenvalue weighted by molar-refractivity contribution is 7.80. The van der Waals surface area contributed by atoms with Crippen LogP contribution in [0.5, 0.6) is 0 Å². The monoisotopic (exact) mass is 175 g/mol. The summed E-state index contributed by atoms with van der Waals surface area (Å²) in [4.78, 5) is 0.483. The summed E-state index contributed by atoms with van der Waals surface area (Å²) in [6.45, 7) is 4.35. The summed E-state index contributed by atoms with van der Waals surface area (Å²) in [5.41, 5.74) is 5.36. The first-order valence-electron chi connectivity index (χ1n) is 3.60. The summed E-state index contributed by atoms with van der Waals surface area (Å²) >= 11 is 4.75. The molecule has 0 saturated carbocycles. The lowest BCUT2D eigenvalue weighted by Crippen LogP contribution is -2.24. The number of nitrogens with two attached hydrogens (primary N) is 1. The van der Waals surface area contributed by atoms with E-state index < -0.39 is 5.79 Å². The van der Waals surface area contributed by atoms with Crippen LogP contribution in [0.3, 0.4) is 0 Å². The molecule has 0 amide bonds.